The van der Waals surface area contributed by atoms with Gasteiger partial charge >= 0.3 is 0 Å². The highest BCUT2D eigenvalue weighted by atomic mass is 31.2. The lowest BCUT2D eigenvalue weighted by molar-refractivity contribution is 0.592. The minimum absolute atomic E-state index is 0.0286. The Kier molecular flexibility index (Phi) is 11.1. The number of hydrogen-bond donors (Lipinski definition) is 0. The molecule has 8 aromatic rings. The topological polar surface area (TPSA) is 55.7 Å². The smallest absolute Gasteiger partial charge is 0.171 e. The van der Waals surface area contributed by atoms with E-state index in [1.165, 1.54) is 12.1 Å². The zero-order valence-electron chi connectivity index (χ0n) is 33.3. The van der Waals surface area contributed by atoms with Crippen LogP contribution in [0, 0.1) is 18.6 Å². The van der Waals surface area contributed by atoms with E-state index in [-0.39, 0.29) is 28.7 Å². The standard InChI is InChI=1S/C52H42F2N3OP/c1-34(2)49(42-26-17-29-48(36(42)4)59(58,39-18-7-5-8-19-39)40-20-9-6-10-21-40)43-23-12-11-22-41(43)35(3)37-30-32-38(33-31-37)50-55-51(44-24-13-15-27-46(44)53)57-52(56-50)45-25-14-16-28-47(45)54/h5-33,35H,1-4H3. The molecule has 290 valence electrons. The van der Waals surface area contributed by atoms with E-state index in [0.29, 0.717) is 11.4 Å². The molecular formula is C52H42F2N3OP. The molecule has 0 spiro atoms. The van der Waals surface area contributed by atoms with E-state index in [4.69, 9.17) is 0 Å². The van der Waals surface area contributed by atoms with Gasteiger partial charge in [-0.15, -0.1) is 0 Å². The fourth-order valence-corrected chi connectivity index (χ4v) is 10.8. The van der Waals surface area contributed by atoms with Crippen LogP contribution in [0.25, 0.3) is 39.7 Å². The average molecular weight is 794 g/mol. The van der Waals surface area contributed by atoms with Crippen LogP contribution < -0.4 is 15.9 Å². The van der Waals surface area contributed by atoms with Gasteiger partial charge < -0.3 is 4.57 Å². The Morgan fingerprint density at radius 3 is 1.54 bits per heavy atom. The van der Waals surface area contributed by atoms with Crippen LogP contribution in [0.5, 0.6) is 0 Å². The molecule has 7 heteroatoms. The molecule has 0 aliphatic carbocycles. The van der Waals surface area contributed by atoms with Crippen LogP contribution in [0.3, 0.4) is 0 Å². The lowest BCUT2D eigenvalue weighted by atomic mass is 9.82. The van der Waals surface area contributed by atoms with Crippen molar-refractivity contribution < 1.29 is 13.3 Å². The fourth-order valence-electron chi connectivity index (χ4n) is 7.86. The molecule has 0 saturated heterocycles. The van der Waals surface area contributed by atoms with Crippen LogP contribution in [0.2, 0.25) is 0 Å². The predicted octanol–water partition coefficient (Wildman–Crippen LogP) is 12.1. The second-order valence-electron chi connectivity index (χ2n) is 14.8. The van der Waals surface area contributed by atoms with Crippen LogP contribution in [0.4, 0.5) is 8.78 Å². The minimum Gasteiger partial charge on any atom is -0.309 e. The lowest BCUT2D eigenvalue weighted by Crippen LogP contribution is -2.27. The van der Waals surface area contributed by atoms with E-state index < -0.39 is 18.8 Å². The Balaban J connectivity index is 1.18. The molecule has 1 heterocycles. The van der Waals surface area contributed by atoms with Crippen molar-refractivity contribution in [3.63, 3.8) is 0 Å². The summed E-state index contributed by atoms with van der Waals surface area (Å²) in [5.74, 6) is -0.441. The Morgan fingerprint density at radius 2 is 1.00 bits per heavy atom. The van der Waals surface area contributed by atoms with Crippen molar-refractivity contribution in [2.24, 2.45) is 0 Å². The monoisotopic (exact) mass is 793 g/mol. The van der Waals surface area contributed by atoms with Gasteiger partial charge in [0.1, 0.15) is 11.6 Å². The molecule has 0 amide bonds. The molecule has 0 N–H and O–H groups in total. The van der Waals surface area contributed by atoms with Crippen LogP contribution in [0.1, 0.15) is 54.5 Å². The summed E-state index contributed by atoms with van der Waals surface area (Å²) >= 11 is 0. The van der Waals surface area contributed by atoms with Gasteiger partial charge in [-0.3, -0.25) is 0 Å². The van der Waals surface area contributed by atoms with Gasteiger partial charge in [0.15, 0.2) is 24.6 Å². The van der Waals surface area contributed by atoms with E-state index in [1.807, 2.05) is 84.9 Å². The van der Waals surface area contributed by atoms with Crippen LogP contribution in [-0.2, 0) is 4.57 Å². The third-order valence-corrected chi connectivity index (χ3v) is 14.1. The maximum Gasteiger partial charge on any atom is 0.171 e. The summed E-state index contributed by atoms with van der Waals surface area (Å²) in [5.41, 5.74) is 8.65. The Morgan fingerprint density at radius 1 is 0.525 bits per heavy atom. The van der Waals surface area contributed by atoms with E-state index in [1.54, 1.807) is 36.4 Å². The van der Waals surface area contributed by atoms with Crippen molar-refractivity contribution in [3.8, 4) is 34.2 Å². The molecule has 1 unspecified atom stereocenters. The predicted molar refractivity (Wildman–Crippen MR) is 238 cm³/mol. The molecule has 59 heavy (non-hydrogen) atoms. The molecule has 0 fully saturated rings. The van der Waals surface area contributed by atoms with Gasteiger partial charge in [0.2, 0.25) is 0 Å². The molecule has 1 aromatic heterocycles. The van der Waals surface area contributed by atoms with Gasteiger partial charge in [-0.05, 0) is 78.4 Å². The Bertz CT molecular complexity index is 2770. The summed E-state index contributed by atoms with van der Waals surface area (Å²) in [6.07, 6.45) is 0. The fraction of sp³-hybridized carbons (Fsp3) is 0.0962. The molecule has 7 aromatic carbocycles. The molecular weight excluding hydrogens is 752 g/mol. The van der Waals surface area contributed by atoms with Gasteiger partial charge in [-0.25, -0.2) is 23.7 Å². The van der Waals surface area contributed by atoms with Crippen molar-refractivity contribution in [2.75, 3.05) is 0 Å². The molecule has 4 nitrogen and oxygen atoms in total. The third-order valence-electron chi connectivity index (χ3n) is 10.9. The second-order valence-corrected chi connectivity index (χ2v) is 17.5. The largest absolute Gasteiger partial charge is 0.309 e. The van der Waals surface area contributed by atoms with Crippen LogP contribution in [0.15, 0.2) is 181 Å². The van der Waals surface area contributed by atoms with Crippen molar-refractivity contribution in [3.05, 3.63) is 221 Å². The van der Waals surface area contributed by atoms with Crippen LogP contribution >= 0.6 is 7.14 Å². The molecule has 0 saturated carbocycles. The van der Waals surface area contributed by atoms with Crippen molar-refractivity contribution in [2.45, 2.75) is 33.6 Å². The lowest BCUT2D eigenvalue weighted by Gasteiger charge is -2.25. The number of halogens is 2. The molecule has 8 rings (SSSR count). The zero-order valence-corrected chi connectivity index (χ0v) is 34.2. The summed E-state index contributed by atoms with van der Waals surface area (Å²) in [6, 6.07) is 54.8. The van der Waals surface area contributed by atoms with Gasteiger partial charge in [0.05, 0.1) is 11.1 Å². The van der Waals surface area contributed by atoms with Gasteiger partial charge in [0.25, 0.3) is 0 Å². The maximum absolute atomic E-state index is 15.6. The third kappa shape index (κ3) is 7.60. The molecule has 0 bridgehead atoms. The summed E-state index contributed by atoms with van der Waals surface area (Å²) in [5, 5.41) is 2.42. The molecule has 0 aliphatic heterocycles. The summed E-state index contributed by atoms with van der Waals surface area (Å²) < 4.78 is 45.6. The van der Waals surface area contributed by atoms with Crippen molar-refractivity contribution >= 4 is 28.6 Å². The Hall–Kier alpha value is -6.62. The van der Waals surface area contributed by atoms with Crippen molar-refractivity contribution in [1.29, 1.82) is 0 Å². The molecule has 0 radical (unpaired) electrons. The first-order valence-electron chi connectivity index (χ1n) is 19.6. The Labute approximate surface area is 344 Å². The molecule has 0 aliphatic rings. The minimum atomic E-state index is -3.23. The van der Waals surface area contributed by atoms with Crippen molar-refractivity contribution in [1.82, 2.24) is 15.0 Å². The van der Waals surface area contributed by atoms with E-state index in [9.17, 15) is 0 Å². The van der Waals surface area contributed by atoms with Gasteiger partial charge in [-0.2, -0.15) is 0 Å². The maximum atomic E-state index is 15.6. The zero-order chi connectivity index (χ0) is 41.1. The number of benzene rings is 7. The van der Waals surface area contributed by atoms with E-state index in [2.05, 4.69) is 85.1 Å². The quantitative estimate of drug-likeness (QED) is 0.129. The summed E-state index contributed by atoms with van der Waals surface area (Å²) in [7, 11) is -3.23. The highest BCUT2D eigenvalue weighted by Gasteiger charge is 2.32. The number of rotatable bonds is 10. The van der Waals surface area contributed by atoms with E-state index in [0.717, 1.165) is 54.9 Å². The number of nitrogens with zero attached hydrogens (tertiary/aromatic N) is 3. The first kappa shape index (κ1) is 39.2. The normalized spacial score (nSPS) is 11.9. The number of aromatic nitrogens is 3. The van der Waals surface area contributed by atoms with Crippen LogP contribution in [-0.4, -0.2) is 15.0 Å². The summed E-state index contributed by atoms with van der Waals surface area (Å²) in [6.45, 7) is 8.54. The van der Waals surface area contributed by atoms with Gasteiger partial charge in [0, 0.05) is 27.4 Å². The average Bonchev–Trinajstić information content (AvgIpc) is 3.27. The number of allylic oxidation sites excluding steroid dienone is 1. The molecule has 1 atom stereocenters. The highest BCUT2D eigenvalue weighted by Crippen LogP contribution is 2.45. The summed E-state index contributed by atoms with van der Waals surface area (Å²) in [4.78, 5) is 13.9. The second kappa shape index (κ2) is 16.7. The highest BCUT2D eigenvalue weighted by molar-refractivity contribution is 7.85. The van der Waals surface area contributed by atoms with E-state index >= 15 is 13.3 Å². The first-order valence-corrected chi connectivity index (χ1v) is 21.3. The first-order chi connectivity index (χ1) is 28.6. The number of hydrogen-bond acceptors (Lipinski definition) is 4. The van der Waals surface area contributed by atoms with Gasteiger partial charge in [-0.1, -0.05) is 164 Å². The SMILES string of the molecule is CC(C)=C(c1ccccc1C(C)c1ccc(-c2nc(-c3ccccc3F)nc(-c3ccccc3F)n2)cc1)c1cccc(P(=O)(c2ccccc2)c2ccccc2)c1C.